The maximum absolute atomic E-state index is 12.2. The fraction of sp³-hybridized carbons (Fsp3) is 0.385. The zero-order valence-electron chi connectivity index (χ0n) is 10.6. The smallest absolute Gasteiger partial charge is 0.237 e. The summed E-state index contributed by atoms with van der Waals surface area (Å²) >= 11 is 5.57. The summed E-state index contributed by atoms with van der Waals surface area (Å²) in [6, 6.07) is 7.83. The van der Waals surface area contributed by atoms with Gasteiger partial charge in [0.25, 0.3) is 0 Å². The van der Waals surface area contributed by atoms with Gasteiger partial charge in [0.15, 0.2) is 0 Å². The van der Waals surface area contributed by atoms with Crippen LogP contribution >= 0.6 is 46.1 Å². The highest BCUT2D eigenvalue weighted by Crippen LogP contribution is 2.28. The summed E-state index contributed by atoms with van der Waals surface area (Å²) in [5, 5.41) is 2.90. The predicted octanol–water partition coefficient (Wildman–Crippen LogP) is 3.84. The molecule has 0 radical (unpaired) electrons. The van der Waals surface area contributed by atoms with E-state index >= 15 is 0 Å². The van der Waals surface area contributed by atoms with Gasteiger partial charge in [0.2, 0.25) is 5.91 Å². The quantitative estimate of drug-likeness (QED) is 0.773. The number of hydrogen-bond donors (Lipinski definition) is 1. The molecular formula is C13H15IN2OS2. The molecule has 0 aromatic heterocycles. The van der Waals surface area contributed by atoms with Crippen LogP contribution in [0.3, 0.4) is 0 Å². The first-order chi connectivity index (χ1) is 9.19. The van der Waals surface area contributed by atoms with E-state index in [2.05, 4.69) is 32.9 Å². The first-order valence-corrected chi connectivity index (χ1v) is 9.03. The van der Waals surface area contributed by atoms with Gasteiger partial charge in [0, 0.05) is 15.0 Å². The second-order valence-corrected chi connectivity index (χ2v) is 7.79. The van der Waals surface area contributed by atoms with Crippen molar-refractivity contribution < 1.29 is 4.79 Å². The molecule has 0 aliphatic carbocycles. The van der Waals surface area contributed by atoms with Crippen LogP contribution in [0.4, 0.5) is 5.69 Å². The summed E-state index contributed by atoms with van der Waals surface area (Å²) in [6.07, 6.45) is 0.806. The minimum atomic E-state index is -0.0661. The Hall–Kier alpha value is -0.210. The molecule has 1 atom stereocenters. The normalized spacial score (nSPS) is 16.0. The number of anilines is 1. The Kier molecular flexibility index (Phi) is 6.03. The largest absolute Gasteiger partial charge is 0.325 e. The molecule has 1 aromatic rings. The molecule has 102 valence electrons. The highest BCUT2D eigenvalue weighted by Gasteiger charge is 2.21. The molecule has 19 heavy (non-hydrogen) atoms. The highest BCUT2D eigenvalue weighted by atomic mass is 127. The van der Waals surface area contributed by atoms with Crippen LogP contribution in [-0.4, -0.2) is 27.8 Å². The number of hydrogen-bond acceptors (Lipinski definition) is 4. The van der Waals surface area contributed by atoms with Gasteiger partial charge in [-0.15, -0.1) is 0 Å². The van der Waals surface area contributed by atoms with Crippen LogP contribution in [0, 0.1) is 3.57 Å². The van der Waals surface area contributed by atoms with E-state index in [1.165, 1.54) is 0 Å². The number of thioether (sulfide) groups is 2. The average Bonchev–Trinajstić information content (AvgIpc) is 2.91. The molecule has 3 nitrogen and oxygen atoms in total. The van der Waals surface area contributed by atoms with Gasteiger partial charge in [-0.1, -0.05) is 30.4 Å². The molecule has 1 aliphatic rings. The van der Waals surface area contributed by atoms with E-state index < -0.39 is 0 Å². The van der Waals surface area contributed by atoms with E-state index in [4.69, 9.17) is 0 Å². The first-order valence-electron chi connectivity index (χ1n) is 6.09. The fourth-order valence-electron chi connectivity index (χ4n) is 1.59. The Balaban J connectivity index is 1.94. The van der Waals surface area contributed by atoms with Crippen LogP contribution in [0.15, 0.2) is 29.3 Å². The summed E-state index contributed by atoms with van der Waals surface area (Å²) in [6.45, 7) is 2.91. The molecular weight excluding hydrogens is 391 g/mol. The van der Waals surface area contributed by atoms with Gasteiger partial charge >= 0.3 is 0 Å². The molecule has 0 fully saturated rings. The van der Waals surface area contributed by atoms with Crippen LogP contribution in [0.1, 0.15) is 13.3 Å². The van der Waals surface area contributed by atoms with E-state index in [0.29, 0.717) is 0 Å². The molecule has 1 N–H and O–H groups in total. The SMILES string of the molecule is CCC(SC1=NCCS1)C(=O)Nc1ccc(I)cc1. The van der Waals surface area contributed by atoms with Gasteiger partial charge in [0.1, 0.15) is 4.38 Å². The summed E-state index contributed by atoms with van der Waals surface area (Å²) in [5.41, 5.74) is 0.852. The maximum Gasteiger partial charge on any atom is 0.237 e. The monoisotopic (exact) mass is 406 g/mol. The summed E-state index contributed by atoms with van der Waals surface area (Å²) in [5.74, 6) is 1.10. The van der Waals surface area contributed by atoms with Crippen molar-refractivity contribution in [1.29, 1.82) is 0 Å². The third kappa shape index (κ3) is 4.68. The van der Waals surface area contributed by atoms with E-state index in [1.807, 2.05) is 31.2 Å². The van der Waals surface area contributed by atoms with Crippen LogP contribution in [-0.2, 0) is 4.79 Å². The predicted molar refractivity (Wildman–Crippen MR) is 94.2 cm³/mol. The van der Waals surface area contributed by atoms with E-state index in [9.17, 15) is 4.79 Å². The van der Waals surface area contributed by atoms with Gasteiger partial charge in [-0.25, -0.2) is 0 Å². The molecule has 0 saturated heterocycles. The lowest BCUT2D eigenvalue weighted by atomic mass is 10.3. The van der Waals surface area contributed by atoms with Crippen LogP contribution in [0.5, 0.6) is 0 Å². The number of nitrogens with one attached hydrogen (secondary N) is 1. The van der Waals surface area contributed by atoms with Crippen molar-refractivity contribution in [2.24, 2.45) is 4.99 Å². The van der Waals surface area contributed by atoms with Crippen molar-refractivity contribution in [3.8, 4) is 0 Å². The van der Waals surface area contributed by atoms with Crippen molar-refractivity contribution in [2.45, 2.75) is 18.6 Å². The van der Waals surface area contributed by atoms with Crippen molar-refractivity contribution >= 4 is 62.1 Å². The molecule has 6 heteroatoms. The lowest BCUT2D eigenvalue weighted by Crippen LogP contribution is -2.25. The van der Waals surface area contributed by atoms with E-state index in [0.717, 1.165) is 32.4 Å². The second kappa shape index (κ2) is 7.54. The molecule has 1 amide bonds. The number of carbonyl (C=O) groups is 1. The van der Waals surface area contributed by atoms with Crippen LogP contribution in [0.2, 0.25) is 0 Å². The van der Waals surface area contributed by atoms with Gasteiger partial charge < -0.3 is 5.32 Å². The first kappa shape index (κ1) is 15.2. The minimum absolute atomic E-state index is 0.0592. The number of aliphatic imine (C=N–C) groups is 1. The summed E-state index contributed by atoms with van der Waals surface area (Å²) in [7, 11) is 0. The molecule has 0 spiro atoms. The number of nitrogens with zero attached hydrogens (tertiary/aromatic N) is 1. The molecule has 0 bridgehead atoms. The topological polar surface area (TPSA) is 41.5 Å². The lowest BCUT2D eigenvalue weighted by molar-refractivity contribution is -0.115. The fourth-order valence-corrected chi connectivity index (χ4v) is 4.10. The van der Waals surface area contributed by atoms with Crippen molar-refractivity contribution in [3.05, 3.63) is 27.8 Å². The number of halogens is 1. The summed E-state index contributed by atoms with van der Waals surface area (Å²) in [4.78, 5) is 16.6. The molecule has 1 aromatic carbocycles. The number of rotatable bonds is 4. The number of carbonyl (C=O) groups excluding carboxylic acids is 1. The van der Waals surface area contributed by atoms with Crippen molar-refractivity contribution in [1.82, 2.24) is 0 Å². The Labute approximate surface area is 135 Å². The van der Waals surface area contributed by atoms with Crippen molar-refractivity contribution in [3.63, 3.8) is 0 Å². The van der Waals surface area contributed by atoms with Gasteiger partial charge in [0.05, 0.1) is 11.8 Å². The lowest BCUT2D eigenvalue weighted by Gasteiger charge is -2.14. The average molecular weight is 406 g/mol. The molecule has 2 rings (SSSR count). The van der Waals surface area contributed by atoms with E-state index in [-0.39, 0.29) is 11.2 Å². The Morgan fingerprint density at radius 3 is 2.84 bits per heavy atom. The molecule has 1 unspecified atom stereocenters. The van der Waals surface area contributed by atoms with Crippen LogP contribution in [0.25, 0.3) is 0 Å². The Bertz CT molecular complexity index is 476. The Morgan fingerprint density at radius 2 is 2.26 bits per heavy atom. The zero-order valence-corrected chi connectivity index (χ0v) is 14.3. The number of benzene rings is 1. The van der Waals surface area contributed by atoms with E-state index in [1.54, 1.807) is 23.5 Å². The van der Waals surface area contributed by atoms with Crippen molar-refractivity contribution in [2.75, 3.05) is 17.6 Å². The van der Waals surface area contributed by atoms with Gasteiger partial charge in [-0.05, 0) is 53.3 Å². The second-order valence-electron chi connectivity index (χ2n) is 4.01. The third-order valence-electron chi connectivity index (χ3n) is 2.58. The van der Waals surface area contributed by atoms with Crippen LogP contribution < -0.4 is 5.32 Å². The maximum atomic E-state index is 12.2. The molecule has 1 aliphatic heterocycles. The highest BCUT2D eigenvalue weighted by molar-refractivity contribution is 14.1. The summed E-state index contributed by atoms with van der Waals surface area (Å²) < 4.78 is 2.21. The third-order valence-corrected chi connectivity index (χ3v) is 5.86. The molecule has 0 saturated carbocycles. The van der Waals surface area contributed by atoms with Gasteiger partial charge in [-0.2, -0.15) is 0 Å². The Morgan fingerprint density at radius 1 is 1.53 bits per heavy atom. The molecule has 1 heterocycles. The minimum Gasteiger partial charge on any atom is -0.325 e. The zero-order chi connectivity index (χ0) is 13.7. The number of amides is 1. The standard InChI is InChI=1S/C13H15IN2OS2/c1-2-11(19-13-15-7-8-18-13)12(17)16-10-5-3-9(14)4-6-10/h3-6,11H,2,7-8H2,1H3,(H,16,17). The van der Waals surface area contributed by atoms with Gasteiger partial charge in [-0.3, -0.25) is 9.79 Å².